The number of halogens is 1. The zero-order chi connectivity index (χ0) is 15.3. The number of hydrogen-bond donors (Lipinski definition) is 2. The van der Waals surface area contributed by atoms with Gasteiger partial charge in [-0.15, -0.1) is 0 Å². The first kappa shape index (κ1) is 16.5. The van der Waals surface area contributed by atoms with Gasteiger partial charge in [-0.1, -0.05) is 35.0 Å². The summed E-state index contributed by atoms with van der Waals surface area (Å²) in [6, 6.07) is 8.02. The van der Waals surface area contributed by atoms with Crippen LogP contribution in [0.15, 0.2) is 28.7 Å². The van der Waals surface area contributed by atoms with E-state index in [4.69, 9.17) is 4.74 Å². The Bertz CT molecular complexity index is 469. The highest BCUT2D eigenvalue weighted by molar-refractivity contribution is 9.10. The second kappa shape index (κ2) is 7.38. The predicted molar refractivity (Wildman–Crippen MR) is 85.2 cm³/mol. The molecule has 116 valence electrons. The second-order valence-corrected chi connectivity index (χ2v) is 6.67. The fourth-order valence-electron chi connectivity index (χ4n) is 2.62. The maximum absolute atomic E-state index is 12.3. The van der Waals surface area contributed by atoms with Crippen molar-refractivity contribution in [2.75, 3.05) is 19.8 Å². The Balaban J connectivity index is 1.92. The fourth-order valence-corrected chi connectivity index (χ4v) is 2.88. The summed E-state index contributed by atoms with van der Waals surface area (Å²) >= 11 is 3.41. The van der Waals surface area contributed by atoms with Gasteiger partial charge in [-0.3, -0.25) is 4.79 Å². The van der Waals surface area contributed by atoms with Crippen LogP contribution in [0.3, 0.4) is 0 Å². The average Bonchev–Trinajstić information content (AvgIpc) is 2.48. The third-order valence-corrected chi connectivity index (χ3v) is 4.62. The number of ether oxygens (including phenoxy) is 1. The highest BCUT2D eigenvalue weighted by Crippen LogP contribution is 2.24. The smallest absolute Gasteiger partial charge is 0.221 e. The SMILES string of the molecule is CC(CC(=O)NC1(CO)CCOCC1)c1ccc(Br)cc1. The first-order valence-electron chi connectivity index (χ1n) is 7.30. The second-order valence-electron chi connectivity index (χ2n) is 5.76. The highest BCUT2D eigenvalue weighted by Gasteiger charge is 2.33. The summed E-state index contributed by atoms with van der Waals surface area (Å²) in [7, 11) is 0. The normalized spacial score (nSPS) is 19.0. The van der Waals surface area contributed by atoms with E-state index in [1.54, 1.807) is 0 Å². The molecule has 0 bridgehead atoms. The van der Waals surface area contributed by atoms with Gasteiger partial charge < -0.3 is 15.2 Å². The summed E-state index contributed by atoms with van der Waals surface area (Å²) in [5.74, 6) is 0.134. The molecule has 21 heavy (non-hydrogen) atoms. The van der Waals surface area contributed by atoms with E-state index in [0.717, 1.165) is 10.0 Å². The lowest BCUT2D eigenvalue weighted by Crippen LogP contribution is -2.54. The van der Waals surface area contributed by atoms with Crippen LogP contribution in [-0.2, 0) is 9.53 Å². The lowest BCUT2D eigenvalue weighted by molar-refractivity contribution is -0.125. The van der Waals surface area contributed by atoms with Crippen LogP contribution in [0, 0.1) is 0 Å². The van der Waals surface area contributed by atoms with Crippen LogP contribution in [0.2, 0.25) is 0 Å². The van der Waals surface area contributed by atoms with Gasteiger partial charge in [0.25, 0.3) is 0 Å². The van der Waals surface area contributed by atoms with Crippen molar-refractivity contribution >= 4 is 21.8 Å². The van der Waals surface area contributed by atoms with Crippen molar-refractivity contribution in [1.82, 2.24) is 5.32 Å². The molecule has 0 aromatic heterocycles. The molecule has 0 saturated carbocycles. The first-order valence-corrected chi connectivity index (χ1v) is 8.09. The number of aliphatic hydroxyl groups is 1. The van der Waals surface area contributed by atoms with Gasteiger partial charge in [0, 0.05) is 24.1 Å². The van der Waals surface area contributed by atoms with E-state index in [2.05, 4.69) is 21.2 Å². The number of hydrogen-bond acceptors (Lipinski definition) is 3. The van der Waals surface area contributed by atoms with Crippen molar-refractivity contribution in [2.24, 2.45) is 0 Å². The van der Waals surface area contributed by atoms with Gasteiger partial charge in [0.05, 0.1) is 12.1 Å². The van der Waals surface area contributed by atoms with E-state index in [1.165, 1.54) is 0 Å². The van der Waals surface area contributed by atoms with Crippen LogP contribution in [0.25, 0.3) is 0 Å². The molecule has 0 radical (unpaired) electrons. The van der Waals surface area contributed by atoms with Crippen molar-refractivity contribution in [1.29, 1.82) is 0 Å². The summed E-state index contributed by atoms with van der Waals surface area (Å²) < 4.78 is 6.33. The lowest BCUT2D eigenvalue weighted by Gasteiger charge is -2.36. The van der Waals surface area contributed by atoms with Crippen LogP contribution >= 0.6 is 15.9 Å². The fraction of sp³-hybridized carbons (Fsp3) is 0.562. The molecule has 1 aliphatic rings. The van der Waals surface area contributed by atoms with Crippen molar-refractivity contribution < 1.29 is 14.6 Å². The number of nitrogens with one attached hydrogen (secondary N) is 1. The number of benzene rings is 1. The van der Waals surface area contributed by atoms with Crippen LogP contribution in [0.5, 0.6) is 0 Å². The minimum atomic E-state index is -0.505. The molecule has 2 rings (SSSR count). The van der Waals surface area contributed by atoms with Gasteiger partial charge in [-0.05, 0) is 36.5 Å². The molecule has 1 aliphatic heterocycles. The molecular weight excluding hydrogens is 334 g/mol. The van der Waals surface area contributed by atoms with E-state index in [1.807, 2.05) is 31.2 Å². The Morgan fingerprint density at radius 3 is 2.57 bits per heavy atom. The van der Waals surface area contributed by atoms with E-state index in [-0.39, 0.29) is 18.4 Å². The first-order chi connectivity index (χ1) is 10.0. The van der Waals surface area contributed by atoms with Gasteiger partial charge in [0.1, 0.15) is 0 Å². The molecule has 1 unspecified atom stereocenters. The highest BCUT2D eigenvalue weighted by atomic mass is 79.9. The maximum atomic E-state index is 12.3. The predicted octanol–water partition coefficient (Wildman–Crippen LogP) is 2.60. The van der Waals surface area contributed by atoms with Crippen molar-refractivity contribution in [3.05, 3.63) is 34.3 Å². The van der Waals surface area contributed by atoms with Crippen molar-refractivity contribution in [3.63, 3.8) is 0 Å². The van der Waals surface area contributed by atoms with Gasteiger partial charge in [-0.25, -0.2) is 0 Å². The summed E-state index contributed by atoms with van der Waals surface area (Å²) in [6.07, 6.45) is 1.76. The Labute approximate surface area is 134 Å². The topological polar surface area (TPSA) is 58.6 Å². The Kier molecular flexibility index (Phi) is 5.79. The molecule has 0 spiro atoms. The number of carbonyl (C=O) groups excluding carboxylic acids is 1. The summed E-state index contributed by atoms with van der Waals surface area (Å²) in [6.45, 7) is 3.18. The molecular formula is C16H22BrNO3. The molecule has 1 aromatic carbocycles. The van der Waals surface area contributed by atoms with Crippen LogP contribution in [-0.4, -0.2) is 36.4 Å². The number of amides is 1. The third kappa shape index (κ3) is 4.53. The quantitative estimate of drug-likeness (QED) is 0.853. The number of carbonyl (C=O) groups is 1. The molecule has 0 aliphatic carbocycles. The van der Waals surface area contributed by atoms with E-state index >= 15 is 0 Å². The standard InChI is InChI=1S/C16H22BrNO3/c1-12(13-2-4-14(17)5-3-13)10-15(20)18-16(11-19)6-8-21-9-7-16/h2-5,12,19H,6-11H2,1H3,(H,18,20). The minimum Gasteiger partial charge on any atom is -0.394 e. The molecule has 4 nitrogen and oxygen atoms in total. The minimum absolute atomic E-state index is 0.0126. The molecule has 2 N–H and O–H groups in total. The summed E-state index contributed by atoms with van der Waals surface area (Å²) in [5.41, 5.74) is 0.632. The molecule has 1 atom stereocenters. The molecule has 1 heterocycles. The van der Waals surface area contributed by atoms with E-state index < -0.39 is 5.54 Å². The molecule has 1 saturated heterocycles. The van der Waals surface area contributed by atoms with Gasteiger partial charge in [0.2, 0.25) is 5.91 Å². The molecule has 1 fully saturated rings. The number of rotatable bonds is 5. The van der Waals surface area contributed by atoms with Gasteiger partial charge >= 0.3 is 0 Å². The monoisotopic (exact) mass is 355 g/mol. The van der Waals surface area contributed by atoms with Crippen LogP contribution in [0.4, 0.5) is 0 Å². The Morgan fingerprint density at radius 1 is 1.38 bits per heavy atom. The largest absolute Gasteiger partial charge is 0.394 e. The van der Waals surface area contributed by atoms with Crippen LogP contribution in [0.1, 0.15) is 37.7 Å². The molecule has 1 aromatic rings. The maximum Gasteiger partial charge on any atom is 0.221 e. The van der Waals surface area contributed by atoms with Crippen molar-refractivity contribution in [3.8, 4) is 0 Å². The Hall–Kier alpha value is -0.910. The van der Waals surface area contributed by atoms with Crippen molar-refractivity contribution in [2.45, 2.75) is 37.6 Å². The molecule has 1 amide bonds. The Morgan fingerprint density at radius 2 is 2.00 bits per heavy atom. The van der Waals surface area contributed by atoms with E-state index in [0.29, 0.717) is 32.5 Å². The van der Waals surface area contributed by atoms with Gasteiger partial charge in [0.15, 0.2) is 0 Å². The lowest BCUT2D eigenvalue weighted by atomic mass is 9.90. The van der Waals surface area contributed by atoms with E-state index in [9.17, 15) is 9.90 Å². The number of aliphatic hydroxyl groups excluding tert-OH is 1. The third-order valence-electron chi connectivity index (χ3n) is 4.09. The summed E-state index contributed by atoms with van der Waals surface area (Å²) in [5, 5.41) is 12.6. The average molecular weight is 356 g/mol. The van der Waals surface area contributed by atoms with Gasteiger partial charge in [-0.2, -0.15) is 0 Å². The summed E-state index contributed by atoms with van der Waals surface area (Å²) in [4.78, 5) is 12.3. The van der Waals surface area contributed by atoms with Crippen LogP contribution < -0.4 is 5.32 Å². The zero-order valence-electron chi connectivity index (χ0n) is 12.3. The zero-order valence-corrected chi connectivity index (χ0v) is 13.9. The molecule has 5 heteroatoms.